The summed E-state index contributed by atoms with van der Waals surface area (Å²) in [6, 6.07) is 2.88. The number of allylic oxidation sites excluding steroid dienone is 2. The Balaban J connectivity index is 1.34. The molecule has 3 aromatic heterocycles. The van der Waals surface area contributed by atoms with Crippen molar-refractivity contribution < 1.29 is 36.7 Å². The monoisotopic (exact) mass is 631 g/mol. The zero-order valence-electron chi connectivity index (χ0n) is 21.7. The molecule has 0 fully saturated rings. The van der Waals surface area contributed by atoms with Gasteiger partial charge in [-0.05, 0) is 24.3 Å². The second-order valence-corrected chi connectivity index (χ2v) is 12.0. The molecular weight excluding hydrogens is 622 g/mol. The van der Waals surface area contributed by atoms with Crippen LogP contribution in [0.2, 0.25) is 0 Å². The summed E-state index contributed by atoms with van der Waals surface area (Å²) in [5, 5.41) is 9.21. The number of aromatic nitrogens is 5. The van der Waals surface area contributed by atoms with Gasteiger partial charge in [-0.25, -0.2) is 27.5 Å². The van der Waals surface area contributed by atoms with Crippen LogP contribution in [0.3, 0.4) is 0 Å². The van der Waals surface area contributed by atoms with Crippen LogP contribution in [0.1, 0.15) is 41.9 Å². The van der Waals surface area contributed by atoms with E-state index < -0.39 is 57.5 Å². The van der Waals surface area contributed by atoms with Crippen LogP contribution in [-0.4, -0.2) is 48.1 Å². The molecule has 0 bridgehead atoms. The maximum atomic E-state index is 14.4. The minimum Gasteiger partial charge on any atom is -0.285 e. The average Bonchev–Trinajstić information content (AvgIpc) is 3.74. The third-order valence-corrected chi connectivity index (χ3v) is 9.41. The Morgan fingerprint density at radius 1 is 0.614 bits per heavy atom. The minimum absolute atomic E-state index is 0.179. The van der Waals surface area contributed by atoms with E-state index in [0.29, 0.717) is 43.6 Å². The number of rotatable bonds is 2. The fraction of sp³-hybridized carbons (Fsp3) is 0.0345. The zero-order valence-corrected chi connectivity index (χ0v) is 23.3. The predicted octanol–water partition coefficient (Wildman–Crippen LogP) is 5.36. The lowest BCUT2D eigenvalue weighted by atomic mass is 10.1. The normalized spacial score (nSPS) is 16.6. The van der Waals surface area contributed by atoms with Crippen molar-refractivity contribution in [3.63, 3.8) is 0 Å². The van der Waals surface area contributed by atoms with Crippen molar-refractivity contribution >= 4 is 101 Å². The number of nitrogens with zero attached hydrogens (tertiary/aromatic N) is 5. The highest BCUT2D eigenvalue weighted by molar-refractivity contribution is 7.27. The van der Waals surface area contributed by atoms with Crippen LogP contribution in [0.15, 0.2) is 24.3 Å². The van der Waals surface area contributed by atoms with Crippen molar-refractivity contribution in [1.82, 2.24) is 25.0 Å². The van der Waals surface area contributed by atoms with Crippen LogP contribution >= 0.6 is 22.7 Å². The number of hydrogen-bond acceptors (Lipinski definition) is 10. The molecule has 8 rings (SSSR count). The summed E-state index contributed by atoms with van der Waals surface area (Å²) in [6.07, 6.45) is 2.55. The maximum Gasteiger partial charge on any atom is 0.237 e. The van der Waals surface area contributed by atoms with Crippen LogP contribution in [0, 0.1) is 23.3 Å². The third-order valence-electron chi connectivity index (χ3n) is 7.24. The highest BCUT2D eigenvalue weighted by Gasteiger charge is 2.38. The van der Waals surface area contributed by atoms with Crippen LogP contribution < -0.4 is 0 Å². The summed E-state index contributed by atoms with van der Waals surface area (Å²) in [5.41, 5.74) is -0.398. The summed E-state index contributed by atoms with van der Waals surface area (Å²) < 4.78 is 57.8. The Kier molecular flexibility index (Phi) is 5.31. The molecule has 0 unspecified atom stereocenters. The van der Waals surface area contributed by atoms with Gasteiger partial charge in [-0.1, -0.05) is 0 Å². The lowest BCUT2D eigenvalue weighted by Crippen LogP contribution is -2.07. The van der Waals surface area contributed by atoms with Crippen molar-refractivity contribution in [2.45, 2.75) is 0 Å². The number of ketones is 4. The van der Waals surface area contributed by atoms with E-state index in [4.69, 9.17) is 0 Å². The minimum atomic E-state index is -1.14. The molecule has 3 aromatic carbocycles. The Morgan fingerprint density at radius 3 is 1.43 bits per heavy atom. The van der Waals surface area contributed by atoms with Gasteiger partial charge >= 0.3 is 0 Å². The average molecular weight is 632 g/mol. The first-order valence-electron chi connectivity index (χ1n) is 12.5. The summed E-state index contributed by atoms with van der Waals surface area (Å²) in [6.45, 7) is 0. The number of aryl methyl sites for hydroxylation is 1. The van der Waals surface area contributed by atoms with Crippen molar-refractivity contribution in [2.75, 3.05) is 0 Å². The van der Waals surface area contributed by atoms with E-state index in [-0.39, 0.29) is 32.3 Å². The summed E-state index contributed by atoms with van der Waals surface area (Å²) in [4.78, 5) is 60.9. The van der Waals surface area contributed by atoms with Gasteiger partial charge < -0.3 is 0 Å². The molecule has 15 heteroatoms. The van der Waals surface area contributed by atoms with Crippen molar-refractivity contribution in [3.8, 4) is 0 Å². The van der Waals surface area contributed by atoms with Gasteiger partial charge in [0.05, 0.1) is 20.5 Å². The molecule has 0 spiro atoms. The molecule has 3 heterocycles. The number of fused-ring (bicyclic) bond motifs is 8. The Hall–Kier alpha value is -5.28. The maximum absolute atomic E-state index is 14.4. The van der Waals surface area contributed by atoms with Crippen LogP contribution in [0.4, 0.5) is 17.6 Å². The van der Waals surface area contributed by atoms with E-state index in [2.05, 4.69) is 20.2 Å². The van der Waals surface area contributed by atoms with Gasteiger partial charge in [0.2, 0.25) is 23.1 Å². The van der Waals surface area contributed by atoms with Crippen molar-refractivity contribution in [3.05, 3.63) is 79.8 Å². The second-order valence-electron chi connectivity index (χ2n) is 9.90. The van der Waals surface area contributed by atoms with Gasteiger partial charge in [0.15, 0.2) is 0 Å². The molecule has 6 aromatic rings. The lowest BCUT2D eigenvalue weighted by molar-refractivity contribution is -0.110. The highest BCUT2D eigenvalue weighted by atomic mass is 32.1. The SMILES string of the molecule is Cn1nc2c(n1)c1nc(/C=C3\C(=O)C(=O)c4c(F)cc(F)cc43)sc1c1sc(/C=C3\C(=O)C(=O)c4c(F)cc(F)cc43)nc21. The Labute approximate surface area is 248 Å². The number of carbonyl (C=O) groups is 4. The first-order chi connectivity index (χ1) is 21.0. The van der Waals surface area contributed by atoms with Crippen molar-refractivity contribution in [1.29, 1.82) is 0 Å². The molecule has 0 N–H and O–H groups in total. The number of halogens is 4. The largest absolute Gasteiger partial charge is 0.285 e. The van der Waals surface area contributed by atoms with Crippen molar-refractivity contribution in [2.24, 2.45) is 7.05 Å². The highest BCUT2D eigenvalue weighted by Crippen LogP contribution is 2.42. The predicted molar refractivity (Wildman–Crippen MR) is 152 cm³/mol. The molecule has 2 aliphatic rings. The van der Waals surface area contributed by atoms with Crippen LogP contribution in [-0.2, 0) is 16.6 Å². The molecule has 44 heavy (non-hydrogen) atoms. The molecule has 0 atom stereocenters. The van der Waals surface area contributed by atoms with Gasteiger partial charge in [-0.3, -0.25) is 19.2 Å². The van der Waals surface area contributed by atoms with E-state index in [1.807, 2.05) is 0 Å². The van der Waals surface area contributed by atoms with Crippen LogP contribution in [0.25, 0.3) is 54.8 Å². The number of hydrogen-bond donors (Lipinski definition) is 0. The zero-order chi connectivity index (χ0) is 30.8. The van der Waals surface area contributed by atoms with E-state index in [9.17, 15) is 36.7 Å². The topological polar surface area (TPSA) is 125 Å². The fourth-order valence-electron chi connectivity index (χ4n) is 5.43. The van der Waals surface area contributed by atoms with E-state index in [1.54, 1.807) is 7.05 Å². The number of carbonyl (C=O) groups excluding carboxylic acids is 4. The Bertz CT molecular complexity index is 2320. The number of thiazole rings is 2. The molecule has 214 valence electrons. The molecule has 0 aliphatic heterocycles. The number of benzene rings is 3. The molecule has 2 aliphatic carbocycles. The summed E-state index contributed by atoms with van der Waals surface area (Å²) >= 11 is 2.17. The lowest BCUT2D eigenvalue weighted by Gasteiger charge is -1.99. The fourth-order valence-corrected chi connectivity index (χ4v) is 7.59. The quantitative estimate of drug-likeness (QED) is 0.142. The molecule has 0 saturated heterocycles. The molecule has 0 amide bonds. The van der Waals surface area contributed by atoms with Gasteiger partial charge in [-0.15, -0.1) is 22.7 Å². The molecular formula is C29H9F4N5O4S2. The van der Waals surface area contributed by atoms with Gasteiger partial charge in [0, 0.05) is 41.5 Å². The number of Topliss-reactive ketones (excluding diaryl/α,β-unsaturated/α-hetero) is 4. The summed E-state index contributed by atoms with van der Waals surface area (Å²) in [7, 11) is 1.58. The van der Waals surface area contributed by atoms with Crippen LogP contribution in [0.5, 0.6) is 0 Å². The summed E-state index contributed by atoms with van der Waals surface area (Å²) in [5.74, 6) is -8.39. The second kappa shape index (κ2) is 8.87. The van der Waals surface area contributed by atoms with E-state index in [1.165, 1.54) is 16.9 Å². The molecule has 0 saturated carbocycles. The first kappa shape index (κ1) is 26.4. The van der Waals surface area contributed by atoms with E-state index in [0.717, 1.165) is 34.8 Å². The van der Waals surface area contributed by atoms with Gasteiger partial charge in [-0.2, -0.15) is 15.0 Å². The van der Waals surface area contributed by atoms with Gasteiger partial charge in [0.1, 0.15) is 55.4 Å². The third kappa shape index (κ3) is 3.56. The standard InChI is InChI=1S/C29H9F4N5O4S2/c1-38-36-20-21(37-38)23-29(44-17(35-23)7-13-11-3-9(31)5-15(33)19(11)27(42)25(13)40)28-22(20)34-16(43-28)6-12-10-2-8(30)4-14(32)18(10)26(41)24(12)39/h2-7H,1H3/b12-6-,13-7-. The molecule has 0 radical (unpaired) electrons. The first-order valence-corrected chi connectivity index (χ1v) is 14.2. The van der Waals surface area contributed by atoms with E-state index >= 15 is 0 Å². The Morgan fingerprint density at radius 2 is 1.02 bits per heavy atom. The van der Waals surface area contributed by atoms with Gasteiger partial charge in [0.25, 0.3) is 0 Å². The molecule has 9 nitrogen and oxygen atoms in total. The smallest absolute Gasteiger partial charge is 0.237 e.